The van der Waals surface area contributed by atoms with Crippen molar-refractivity contribution in [1.29, 1.82) is 0 Å². The molecule has 3 aliphatic rings. The molecule has 0 aromatic rings. The van der Waals surface area contributed by atoms with Crippen LogP contribution in [-0.2, 0) is 9.47 Å². The quantitative estimate of drug-likeness (QED) is 0.664. The summed E-state index contributed by atoms with van der Waals surface area (Å²) >= 11 is 0. The van der Waals surface area contributed by atoms with Crippen LogP contribution in [0.25, 0.3) is 0 Å². The van der Waals surface area contributed by atoms with E-state index in [4.69, 9.17) is 15.2 Å². The molecule has 1 aliphatic carbocycles. The van der Waals surface area contributed by atoms with E-state index >= 15 is 0 Å². The van der Waals surface area contributed by atoms with Crippen molar-refractivity contribution in [2.45, 2.75) is 36.9 Å². The van der Waals surface area contributed by atoms with Gasteiger partial charge in [0, 0.05) is 13.7 Å². The van der Waals surface area contributed by atoms with Crippen LogP contribution in [0.3, 0.4) is 0 Å². The molecule has 12 heavy (non-hydrogen) atoms. The van der Waals surface area contributed by atoms with Gasteiger partial charge in [-0.15, -0.1) is 0 Å². The van der Waals surface area contributed by atoms with E-state index in [0.717, 1.165) is 32.3 Å². The second-order valence-corrected chi connectivity index (χ2v) is 4.06. The molecule has 1 saturated carbocycles. The number of ether oxygens (including phenoxy) is 2. The van der Waals surface area contributed by atoms with E-state index in [9.17, 15) is 0 Å². The molecular formula is C9H17NO2. The van der Waals surface area contributed by atoms with Gasteiger partial charge in [-0.1, -0.05) is 0 Å². The molecule has 2 bridgehead atoms. The van der Waals surface area contributed by atoms with E-state index in [2.05, 4.69) is 0 Å². The van der Waals surface area contributed by atoms with E-state index in [1.807, 2.05) is 0 Å². The van der Waals surface area contributed by atoms with Crippen molar-refractivity contribution < 1.29 is 9.47 Å². The van der Waals surface area contributed by atoms with Gasteiger partial charge in [0.25, 0.3) is 0 Å². The maximum absolute atomic E-state index is 5.76. The van der Waals surface area contributed by atoms with E-state index in [1.165, 1.54) is 0 Å². The van der Waals surface area contributed by atoms with E-state index in [-0.39, 0.29) is 11.2 Å². The smallest absolute Gasteiger partial charge is 0.0913 e. The Morgan fingerprint density at radius 3 is 2.33 bits per heavy atom. The summed E-state index contributed by atoms with van der Waals surface area (Å²) in [6.45, 7) is 1.40. The highest BCUT2D eigenvalue weighted by Gasteiger charge is 2.49. The van der Waals surface area contributed by atoms with Crippen molar-refractivity contribution in [2.75, 3.05) is 20.3 Å². The standard InChI is InChI=1S/C9H17NO2/c1-11-9-4-2-8(6-10,3-5-9)12-7-9/h2-7,10H2,1H3. The number of rotatable bonds is 2. The van der Waals surface area contributed by atoms with Gasteiger partial charge in [-0.05, 0) is 25.7 Å². The van der Waals surface area contributed by atoms with Gasteiger partial charge in [0.1, 0.15) is 0 Å². The minimum atomic E-state index is 0.000278. The van der Waals surface area contributed by atoms with Crippen LogP contribution >= 0.6 is 0 Å². The Morgan fingerprint density at radius 2 is 2.00 bits per heavy atom. The third-order valence-corrected chi connectivity index (χ3v) is 3.52. The summed E-state index contributed by atoms with van der Waals surface area (Å²) in [6, 6.07) is 0. The highest BCUT2D eigenvalue weighted by molar-refractivity contribution is 5.01. The van der Waals surface area contributed by atoms with E-state index in [1.54, 1.807) is 7.11 Å². The van der Waals surface area contributed by atoms with Crippen LogP contribution < -0.4 is 5.73 Å². The van der Waals surface area contributed by atoms with Crippen molar-refractivity contribution >= 4 is 0 Å². The molecule has 2 N–H and O–H groups in total. The first kappa shape index (κ1) is 8.48. The minimum Gasteiger partial charge on any atom is -0.376 e. The first-order valence-electron chi connectivity index (χ1n) is 4.63. The summed E-state index contributed by atoms with van der Waals surface area (Å²) in [7, 11) is 1.78. The molecule has 0 radical (unpaired) electrons. The van der Waals surface area contributed by atoms with Crippen LogP contribution in [0.1, 0.15) is 25.7 Å². The van der Waals surface area contributed by atoms with Crippen molar-refractivity contribution in [3.8, 4) is 0 Å². The summed E-state index contributed by atoms with van der Waals surface area (Å²) in [5.74, 6) is 0. The number of hydrogen-bond donors (Lipinski definition) is 1. The van der Waals surface area contributed by atoms with Crippen LogP contribution in [0.15, 0.2) is 0 Å². The number of methoxy groups -OCH3 is 1. The second-order valence-electron chi connectivity index (χ2n) is 4.06. The van der Waals surface area contributed by atoms with Crippen molar-refractivity contribution in [2.24, 2.45) is 5.73 Å². The Morgan fingerprint density at radius 1 is 1.33 bits per heavy atom. The zero-order chi connectivity index (χ0) is 8.66. The molecule has 2 heterocycles. The van der Waals surface area contributed by atoms with Crippen molar-refractivity contribution in [1.82, 2.24) is 0 Å². The zero-order valence-corrected chi connectivity index (χ0v) is 7.64. The lowest BCUT2D eigenvalue weighted by atomic mass is 9.73. The Kier molecular flexibility index (Phi) is 1.90. The van der Waals surface area contributed by atoms with Gasteiger partial charge in [-0.2, -0.15) is 0 Å². The van der Waals surface area contributed by atoms with Gasteiger partial charge in [0.15, 0.2) is 0 Å². The maximum Gasteiger partial charge on any atom is 0.0913 e. The predicted octanol–water partition coefficient (Wildman–Crippen LogP) is 0.673. The Balaban J connectivity index is 2.09. The fourth-order valence-corrected chi connectivity index (χ4v) is 2.26. The van der Waals surface area contributed by atoms with Crippen LogP contribution in [0.4, 0.5) is 0 Å². The molecule has 3 nitrogen and oxygen atoms in total. The highest BCUT2D eigenvalue weighted by atomic mass is 16.6. The first-order valence-corrected chi connectivity index (χ1v) is 4.63. The Labute approximate surface area is 73.2 Å². The number of hydrogen-bond acceptors (Lipinski definition) is 3. The lowest BCUT2D eigenvalue weighted by Crippen LogP contribution is -2.58. The van der Waals surface area contributed by atoms with Crippen LogP contribution in [0.2, 0.25) is 0 Å². The maximum atomic E-state index is 5.76. The summed E-state index contributed by atoms with van der Waals surface area (Å²) in [5.41, 5.74) is 5.72. The van der Waals surface area contributed by atoms with Gasteiger partial charge in [-0.25, -0.2) is 0 Å². The Hall–Kier alpha value is -0.120. The third kappa shape index (κ3) is 1.08. The molecule has 0 aromatic heterocycles. The largest absolute Gasteiger partial charge is 0.376 e. The fourth-order valence-electron chi connectivity index (χ4n) is 2.26. The van der Waals surface area contributed by atoms with Crippen LogP contribution in [0, 0.1) is 0 Å². The lowest BCUT2D eigenvalue weighted by Gasteiger charge is -2.51. The zero-order valence-electron chi connectivity index (χ0n) is 7.64. The van der Waals surface area contributed by atoms with Gasteiger partial charge in [0.05, 0.1) is 17.8 Å². The summed E-state index contributed by atoms with van der Waals surface area (Å²) < 4.78 is 11.2. The average molecular weight is 171 g/mol. The highest BCUT2D eigenvalue weighted by Crippen LogP contribution is 2.44. The van der Waals surface area contributed by atoms with Crippen molar-refractivity contribution in [3.05, 3.63) is 0 Å². The normalized spacial score (nSPS) is 46.5. The van der Waals surface area contributed by atoms with Crippen molar-refractivity contribution in [3.63, 3.8) is 0 Å². The fraction of sp³-hybridized carbons (Fsp3) is 1.00. The van der Waals surface area contributed by atoms with E-state index < -0.39 is 0 Å². The van der Waals surface area contributed by atoms with Gasteiger partial charge in [-0.3, -0.25) is 0 Å². The van der Waals surface area contributed by atoms with Gasteiger partial charge < -0.3 is 15.2 Å². The molecular weight excluding hydrogens is 154 g/mol. The molecule has 0 unspecified atom stereocenters. The first-order chi connectivity index (χ1) is 5.74. The minimum absolute atomic E-state index is 0.000278. The van der Waals surface area contributed by atoms with Gasteiger partial charge >= 0.3 is 0 Å². The van der Waals surface area contributed by atoms with Gasteiger partial charge in [0.2, 0.25) is 0 Å². The summed E-state index contributed by atoms with van der Waals surface area (Å²) in [4.78, 5) is 0. The molecule has 0 spiro atoms. The molecule has 0 aromatic carbocycles. The molecule has 2 aliphatic heterocycles. The van der Waals surface area contributed by atoms with E-state index in [0.29, 0.717) is 6.54 Å². The number of nitrogens with two attached hydrogens (primary N) is 1. The SMILES string of the molecule is COC12CCC(CN)(CC1)OC2. The second kappa shape index (κ2) is 2.69. The molecule has 3 heteroatoms. The molecule has 2 saturated heterocycles. The molecule has 0 amide bonds. The van der Waals surface area contributed by atoms with Crippen LogP contribution in [-0.4, -0.2) is 31.5 Å². The summed E-state index contributed by atoms with van der Waals surface area (Å²) in [5, 5.41) is 0. The monoisotopic (exact) mass is 171 g/mol. The molecule has 3 fully saturated rings. The Bertz CT molecular complexity index is 137. The topological polar surface area (TPSA) is 44.5 Å². The van der Waals surface area contributed by atoms with Crippen LogP contribution in [0.5, 0.6) is 0 Å². The third-order valence-electron chi connectivity index (χ3n) is 3.52. The number of fused-ring (bicyclic) bond motifs is 3. The molecule has 70 valence electrons. The molecule has 0 atom stereocenters. The summed E-state index contributed by atoms with van der Waals surface area (Å²) in [6.07, 6.45) is 4.36. The lowest BCUT2D eigenvalue weighted by molar-refractivity contribution is -0.222. The predicted molar refractivity (Wildman–Crippen MR) is 45.9 cm³/mol. The average Bonchev–Trinajstić information content (AvgIpc) is 2.21. The molecule has 3 rings (SSSR count).